The van der Waals surface area contributed by atoms with Crippen molar-refractivity contribution in [3.05, 3.63) is 5.82 Å². The first-order valence-electron chi connectivity index (χ1n) is 7.48. The zero-order valence-corrected chi connectivity index (χ0v) is 12.4. The molecule has 2 saturated heterocycles. The normalized spacial score (nSPS) is 22.7. The van der Waals surface area contributed by atoms with Crippen LogP contribution in [-0.2, 0) is 11.0 Å². The molecule has 1 unspecified atom stereocenters. The zero-order valence-electron chi connectivity index (χ0n) is 12.4. The van der Waals surface area contributed by atoms with E-state index in [-0.39, 0.29) is 17.9 Å². The molecule has 3 rings (SSSR count). The molecule has 7 nitrogen and oxygen atoms in total. The zero-order chi connectivity index (χ0) is 16.6. The fraction of sp³-hybridized carbons (Fsp3) is 0.692. The number of rotatable bonds is 2. The Labute approximate surface area is 130 Å². The minimum Gasteiger partial charge on any atom is -0.368 e. The van der Waals surface area contributed by atoms with Crippen LogP contribution in [0.2, 0.25) is 0 Å². The fourth-order valence-corrected chi connectivity index (χ4v) is 3.09. The molecule has 23 heavy (non-hydrogen) atoms. The van der Waals surface area contributed by atoms with E-state index < -0.39 is 17.9 Å². The number of carbonyl (C=O) groups is 1. The van der Waals surface area contributed by atoms with Gasteiger partial charge in [0.1, 0.15) is 0 Å². The van der Waals surface area contributed by atoms with Crippen LogP contribution in [0.3, 0.4) is 0 Å². The second kappa shape index (κ2) is 5.82. The Morgan fingerprint density at radius 3 is 2.57 bits per heavy atom. The Hall–Kier alpha value is -2.13. The molecule has 1 aromatic heterocycles. The minimum atomic E-state index is -4.67. The van der Waals surface area contributed by atoms with E-state index in [1.54, 1.807) is 9.80 Å². The molecule has 2 aliphatic heterocycles. The molecule has 0 aromatic carbocycles. The Bertz CT molecular complexity index is 608. The molecule has 0 bridgehead atoms. The number of likely N-dealkylation sites (tertiary alicyclic amines) is 1. The van der Waals surface area contributed by atoms with Crippen molar-refractivity contribution in [3.63, 3.8) is 0 Å². The van der Waals surface area contributed by atoms with Crippen molar-refractivity contribution in [3.8, 4) is 0 Å². The number of nitrogens with zero attached hydrogens (tertiary/aromatic N) is 5. The highest BCUT2D eigenvalue weighted by Gasteiger charge is 2.37. The van der Waals surface area contributed by atoms with Crippen molar-refractivity contribution >= 4 is 17.8 Å². The lowest BCUT2D eigenvalue weighted by Crippen LogP contribution is -2.49. The number of nitrogen functional groups attached to an aromatic ring is 1. The summed E-state index contributed by atoms with van der Waals surface area (Å²) in [6.07, 6.45) is -1.73. The lowest BCUT2D eigenvalue weighted by molar-refractivity contribution is -0.144. The smallest absolute Gasteiger partial charge is 0.368 e. The largest absolute Gasteiger partial charge is 0.451 e. The van der Waals surface area contributed by atoms with Crippen LogP contribution in [0.25, 0.3) is 0 Å². The summed E-state index contributed by atoms with van der Waals surface area (Å²) in [4.78, 5) is 25.8. The highest BCUT2D eigenvalue weighted by Crippen LogP contribution is 2.29. The third-order valence-electron chi connectivity index (χ3n) is 4.12. The van der Waals surface area contributed by atoms with E-state index in [9.17, 15) is 18.0 Å². The van der Waals surface area contributed by atoms with E-state index in [1.807, 2.05) is 0 Å². The molecule has 0 aliphatic carbocycles. The van der Waals surface area contributed by atoms with Crippen molar-refractivity contribution in [2.75, 3.05) is 30.3 Å². The van der Waals surface area contributed by atoms with Gasteiger partial charge in [-0.1, -0.05) is 0 Å². The molecule has 0 spiro atoms. The van der Waals surface area contributed by atoms with Crippen LogP contribution >= 0.6 is 0 Å². The molecule has 1 amide bonds. The molecular weight excluding hydrogens is 313 g/mol. The van der Waals surface area contributed by atoms with E-state index in [0.29, 0.717) is 26.1 Å². The van der Waals surface area contributed by atoms with Gasteiger partial charge in [0, 0.05) is 32.1 Å². The first-order valence-corrected chi connectivity index (χ1v) is 7.48. The Balaban J connectivity index is 1.81. The molecule has 1 atom stereocenters. The predicted molar refractivity (Wildman–Crippen MR) is 75.4 cm³/mol. The lowest BCUT2D eigenvalue weighted by atomic mass is 10.0. The van der Waals surface area contributed by atoms with E-state index in [4.69, 9.17) is 5.73 Å². The Kier molecular flexibility index (Phi) is 3.99. The molecule has 3 heterocycles. The summed E-state index contributed by atoms with van der Waals surface area (Å²) < 4.78 is 38.4. The van der Waals surface area contributed by atoms with Gasteiger partial charge in [0.25, 0.3) is 0 Å². The third-order valence-corrected chi connectivity index (χ3v) is 4.12. The van der Waals surface area contributed by atoms with Crippen LogP contribution in [0.1, 0.15) is 31.5 Å². The summed E-state index contributed by atoms with van der Waals surface area (Å²) in [5, 5.41) is 0. The van der Waals surface area contributed by atoms with Crippen molar-refractivity contribution in [2.45, 2.75) is 37.9 Å². The van der Waals surface area contributed by atoms with E-state index >= 15 is 0 Å². The van der Waals surface area contributed by atoms with Gasteiger partial charge in [-0.3, -0.25) is 4.79 Å². The highest BCUT2D eigenvalue weighted by molar-refractivity contribution is 5.78. The predicted octanol–water partition coefficient (Wildman–Crippen LogP) is 1.06. The Morgan fingerprint density at radius 2 is 1.91 bits per heavy atom. The van der Waals surface area contributed by atoms with E-state index in [0.717, 1.165) is 19.3 Å². The standard InChI is InChI=1S/C13H17F3N6O/c14-13(15,16)10-18-11(17)20-12(19-10)21-5-1-3-8(7-21)22-6-2-4-9(22)23/h8H,1-7H2,(H2,17,18,19,20). The maximum absolute atomic E-state index is 12.8. The fourth-order valence-electron chi connectivity index (χ4n) is 3.09. The number of alkyl halides is 3. The van der Waals surface area contributed by atoms with Gasteiger partial charge in [-0.15, -0.1) is 0 Å². The summed E-state index contributed by atoms with van der Waals surface area (Å²) in [6, 6.07) is -0.0222. The number of halogens is 3. The van der Waals surface area contributed by atoms with Gasteiger partial charge in [-0.2, -0.15) is 28.1 Å². The summed E-state index contributed by atoms with van der Waals surface area (Å²) in [7, 11) is 0. The van der Waals surface area contributed by atoms with Gasteiger partial charge in [0.15, 0.2) is 0 Å². The number of carbonyl (C=O) groups excluding carboxylic acids is 1. The maximum Gasteiger partial charge on any atom is 0.451 e. The van der Waals surface area contributed by atoms with Crippen molar-refractivity contribution in [1.29, 1.82) is 0 Å². The molecule has 0 saturated carbocycles. The van der Waals surface area contributed by atoms with Gasteiger partial charge in [-0.25, -0.2) is 0 Å². The number of piperidine rings is 1. The Morgan fingerprint density at radius 1 is 1.13 bits per heavy atom. The number of anilines is 2. The second-order valence-corrected chi connectivity index (χ2v) is 5.75. The number of hydrogen-bond donors (Lipinski definition) is 1. The first kappa shape index (κ1) is 15.8. The SMILES string of the molecule is Nc1nc(N2CCCC(N3CCCC3=O)C2)nc(C(F)(F)F)n1. The van der Waals surface area contributed by atoms with Crippen LogP contribution in [0.4, 0.5) is 25.1 Å². The maximum atomic E-state index is 12.8. The number of nitrogens with two attached hydrogens (primary N) is 1. The number of hydrogen-bond acceptors (Lipinski definition) is 6. The van der Waals surface area contributed by atoms with Crippen molar-refractivity contribution in [2.24, 2.45) is 0 Å². The molecular formula is C13H17F3N6O. The van der Waals surface area contributed by atoms with E-state index in [2.05, 4.69) is 15.0 Å². The van der Waals surface area contributed by atoms with Gasteiger partial charge in [0.2, 0.25) is 23.6 Å². The van der Waals surface area contributed by atoms with Crippen LogP contribution in [-0.4, -0.2) is 51.4 Å². The summed E-state index contributed by atoms with van der Waals surface area (Å²) in [5.74, 6) is -1.73. The highest BCUT2D eigenvalue weighted by atomic mass is 19.4. The summed E-state index contributed by atoms with van der Waals surface area (Å²) in [6.45, 7) is 1.64. The molecule has 126 valence electrons. The number of aromatic nitrogens is 3. The molecule has 10 heteroatoms. The topological polar surface area (TPSA) is 88.2 Å². The van der Waals surface area contributed by atoms with Gasteiger partial charge in [-0.05, 0) is 19.3 Å². The minimum absolute atomic E-state index is 0.0222. The molecule has 2 aliphatic rings. The molecule has 0 radical (unpaired) electrons. The van der Waals surface area contributed by atoms with Crippen molar-refractivity contribution in [1.82, 2.24) is 19.9 Å². The average Bonchev–Trinajstić information content (AvgIpc) is 2.92. The van der Waals surface area contributed by atoms with Gasteiger partial charge < -0.3 is 15.5 Å². The number of amides is 1. The molecule has 1 aromatic rings. The van der Waals surface area contributed by atoms with Crippen LogP contribution in [0.5, 0.6) is 0 Å². The van der Waals surface area contributed by atoms with Gasteiger partial charge in [0.05, 0.1) is 0 Å². The summed E-state index contributed by atoms with van der Waals surface area (Å²) >= 11 is 0. The van der Waals surface area contributed by atoms with Crippen LogP contribution in [0, 0.1) is 0 Å². The lowest BCUT2D eigenvalue weighted by Gasteiger charge is -2.37. The van der Waals surface area contributed by atoms with Crippen LogP contribution in [0.15, 0.2) is 0 Å². The quantitative estimate of drug-likeness (QED) is 0.872. The second-order valence-electron chi connectivity index (χ2n) is 5.75. The van der Waals surface area contributed by atoms with E-state index in [1.165, 1.54) is 0 Å². The first-order chi connectivity index (χ1) is 10.8. The molecule has 2 N–H and O–H groups in total. The van der Waals surface area contributed by atoms with Crippen LogP contribution < -0.4 is 10.6 Å². The van der Waals surface area contributed by atoms with Gasteiger partial charge >= 0.3 is 6.18 Å². The molecule has 2 fully saturated rings. The van der Waals surface area contributed by atoms with Crippen molar-refractivity contribution < 1.29 is 18.0 Å². The summed E-state index contributed by atoms with van der Waals surface area (Å²) in [5.41, 5.74) is 5.39. The third kappa shape index (κ3) is 3.30. The monoisotopic (exact) mass is 330 g/mol. The average molecular weight is 330 g/mol.